The molecular weight excluding hydrogens is 252 g/mol. The number of hydrogen-bond acceptors (Lipinski definition) is 4. The van der Waals surface area contributed by atoms with Gasteiger partial charge in [0.1, 0.15) is 5.75 Å². The van der Waals surface area contributed by atoms with Crippen molar-refractivity contribution in [2.45, 2.75) is 19.4 Å². The molecule has 0 amide bonds. The van der Waals surface area contributed by atoms with Crippen LogP contribution in [0.5, 0.6) is 5.75 Å². The lowest BCUT2D eigenvalue weighted by Gasteiger charge is -2.13. The Hall–Kier alpha value is -2.01. The van der Waals surface area contributed by atoms with E-state index in [1.165, 1.54) is 0 Å². The van der Waals surface area contributed by atoms with Gasteiger partial charge in [0.2, 0.25) is 0 Å². The van der Waals surface area contributed by atoms with Crippen molar-refractivity contribution in [2.24, 2.45) is 5.73 Å². The fourth-order valence-electron chi connectivity index (χ4n) is 2.51. The number of aromatic amines is 1. The number of aromatic nitrogens is 2. The molecule has 1 unspecified atom stereocenters. The highest BCUT2D eigenvalue weighted by Gasteiger charge is 2.21. The van der Waals surface area contributed by atoms with Crippen LogP contribution in [0.1, 0.15) is 13.3 Å². The van der Waals surface area contributed by atoms with E-state index in [-0.39, 0.29) is 6.04 Å². The third kappa shape index (κ3) is 2.63. The second-order valence-corrected chi connectivity index (χ2v) is 5.09. The molecule has 1 saturated heterocycles. The van der Waals surface area contributed by atoms with Gasteiger partial charge in [0.25, 0.3) is 0 Å². The zero-order valence-corrected chi connectivity index (χ0v) is 11.7. The Morgan fingerprint density at radius 1 is 1.40 bits per heavy atom. The summed E-state index contributed by atoms with van der Waals surface area (Å²) >= 11 is 0. The number of rotatable bonds is 4. The maximum atomic E-state index is 5.93. The van der Waals surface area contributed by atoms with Gasteiger partial charge in [0, 0.05) is 25.2 Å². The summed E-state index contributed by atoms with van der Waals surface area (Å²) in [6.07, 6.45) is 1.03. The molecule has 0 spiro atoms. The molecule has 2 aromatic rings. The quantitative estimate of drug-likeness (QED) is 0.893. The molecule has 2 heterocycles. The molecule has 5 heteroatoms. The van der Waals surface area contributed by atoms with Crippen molar-refractivity contribution < 1.29 is 4.74 Å². The lowest BCUT2D eigenvalue weighted by atomic mass is 10.1. The van der Waals surface area contributed by atoms with E-state index in [2.05, 4.69) is 21.2 Å². The van der Waals surface area contributed by atoms with E-state index < -0.39 is 0 Å². The van der Waals surface area contributed by atoms with Crippen molar-refractivity contribution in [1.82, 2.24) is 10.2 Å². The number of benzene rings is 1. The number of nitrogens with two attached hydrogens (primary N) is 1. The van der Waals surface area contributed by atoms with Gasteiger partial charge in [0.15, 0.2) is 5.82 Å². The van der Waals surface area contributed by atoms with Gasteiger partial charge >= 0.3 is 0 Å². The monoisotopic (exact) mass is 272 g/mol. The van der Waals surface area contributed by atoms with E-state index in [0.717, 1.165) is 42.3 Å². The Labute approximate surface area is 118 Å². The molecular formula is C15H20N4O. The maximum absolute atomic E-state index is 5.93. The van der Waals surface area contributed by atoms with Gasteiger partial charge < -0.3 is 15.4 Å². The van der Waals surface area contributed by atoms with Crippen LogP contribution in [0.3, 0.4) is 0 Å². The lowest BCUT2D eigenvalue weighted by Crippen LogP contribution is -2.26. The van der Waals surface area contributed by atoms with Crippen molar-refractivity contribution in [3.8, 4) is 17.0 Å². The number of hydrogen-bond donors (Lipinski definition) is 2. The van der Waals surface area contributed by atoms with Gasteiger partial charge in [-0.2, -0.15) is 5.10 Å². The first-order chi connectivity index (χ1) is 9.76. The van der Waals surface area contributed by atoms with E-state index in [0.29, 0.717) is 6.61 Å². The minimum atomic E-state index is 0.264. The molecule has 3 N–H and O–H groups in total. The Morgan fingerprint density at radius 2 is 2.20 bits per heavy atom. The van der Waals surface area contributed by atoms with Crippen molar-refractivity contribution in [3.05, 3.63) is 30.3 Å². The normalized spacial score (nSPS) is 18.5. The highest BCUT2D eigenvalue weighted by Crippen LogP contribution is 2.25. The molecule has 1 aromatic carbocycles. The zero-order chi connectivity index (χ0) is 13.9. The van der Waals surface area contributed by atoms with Gasteiger partial charge in [-0.25, -0.2) is 0 Å². The Kier molecular flexibility index (Phi) is 3.60. The van der Waals surface area contributed by atoms with Crippen molar-refractivity contribution in [1.29, 1.82) is 0 Å². The number of anilines is 1. The second kappa shape index (κ2) is 5.54. The summed E-state index contributed by atoms with van der Waals surface area (Å²) in [5.74, 6) is 1.86. The van der Waals surface area contributed by atoms with Crippen LogP contribution >= 0.6 is 0 Å². The van der Waals surface area contributed by atoms with Crippen LogP contribution in [0.2, 0.25) is 0 Å². The van der Waals surface area contributed by atoms with Crippen LogP contribution in [-0.2, 0) is 0 Å². The minimum absolute atomic E-state index is 0.264. The lowest BCUT2D eigenvalue weighted by molar-refractivity contribution is 0.340. The van der Waals surface area contributed by atoms with Crippen molar-refractivity contribution in [2.75, 3.05) is 24.6 Å². The summed E-state index contributed by atoms with van der Waals surface area (Å²) < 4.78 is 5.45. The van der Waals surface area contributed by atoms with Gasteiger partial charge in [-0.1, -0.05) is 0 Å². The molecule has 1 aromatic heterocycles. The third-order valence-corrected chi connectivity index (χ3v) is 3.59. The van der Waals surface area contributed by atoms with E-state index in [1.54, 1.807) is 0 Å². The average Bonchev–Trinajstić information content (AvgIpc) is 3.09. The van der Waals surface area contributed by atoms with Crippen LogP contribution in [0.4, 0.5) is 5.82 Å². The first-order valence-electron chi connectivity index (χ1n) is 7.05. The summed E-state index contributed by atoms with van der Waals surface area (Å²) in [6, 6.07) is 10.4. The van der Waals surface area contributed by atoms with E-state index in [4.69, 9.17) is 10.5 Å². The van der Waals surface area contributed by atoms with Gasteiger partial charge in [0.05, 0.1) is 12.3 Å². The highest BCUT2D eigenvalue weighted by atomic mass is 16.5. The standard InChI is InChI=1S/C15H20N4O/c1-2-20-13-5-3-11(4-6-13)14-9-15(18-17-14)19-8-7-12(16)10-19/h3-6,9,12H,2,7-8,10,16H2,1H3,(H,17,18). The zero-order valence-electron chi connectivity index (χ0n) is 11.7. The first-order valence-corrected chi connectivity index (χ1v) is 7.05. The number of nitrogens with one attached hydrogen (secondary N) is 1. The van der Waals surface area contributed by atoms with E-state index in [1.807, 2.05) is 31.2 Å². The molecule has 106 valence electrons. The Bertz CT molecular complexity index is 564. The summed E-state index contributed by atoms with van der Waals surface area (Å²) in [4.78, 5) is 2.22. The average molecular weight is 272 g/mol. The number of ether oxygens (including phenoxy) is 1. The summed E-state index contributed by atoms with van der Waals surface area (Å²) in [7, 11) is 0. The van der Waals surface area contributed by atoms with Gasteiger partial charge in [-0.3, -0.25) is 5.10 Å². The SMILES string of the molecule is CCOc1ccc(-c2cc(N3CCC(N)C3)n[nH]2)cc1. The van der Waals surface area contributed by atoms with E-state index >= 15 is 0 Å². The fourth-order valence-corrected chi connectivity index (χ4v) is 2.51. The van der Waals surface area contributed by atoms with E-state index in [9.17, 15) is 0 Å². The fraction of sp³-hybridized carbons (Fsp3) is 0.400. The highest BCUT2D eigenvalue weighted by molar-refractivity contribution is 5.64. The number of H-pyrrole nitrogens is 1. The molecule has 3 rings (SSSR count). The molecule has 1 fully saturated rings. The van der Waals surface area contributed by atoms with Gasteiger partial charge in [-0.05, 0) is 43.2 Å². The Morgan fingerprint density at radius 3 is 2.85 bits per heavy atom. The topological polar surface area (TPSA) is 67.2 Å². The first kappa shape index (κ1) is 13.0. The summed E-state index contributed by atoms with van der Waals surface area (Å²) in [5, 5.41) is 7.47. The molecule has 0 saturated carbocycles. The van der Waals surface area contributed by atoms with Crippen LogP contribution in [0.15, 0.2) is 30.3 Å². The smallest absolute Gasteiger partial charge is 0.151 e. The van der Waals surface area contributed by atoms with Crippen LogP contribution < -0.4 is 15.4 Å². The molecule has 1 atom stereocenters. The minimum Gasteiger partial charge on any atom is -0.494 e. The molecule has 0 radical (unpaired) electrons. The Balaban J connectivity index is 1.76. The van der Waals surface area contributed by atoms with Gasteiger partial charge in [-0.15, -0.1) is 0 Å². The summed E-state index contributed by atoms with van der Waals surface area (Å²) in [6.45, 7) is 4.53. The summed E-state index contributed by atoms with van der Waals surface area (Å²) in [5.41, 5.74) is 8.06. The maximum Gasteiger partial charge on any atom is 0.151 e. The molecule has 0 bridgehead atoms. The largest absolute Gasteiger partial charge is 0.494 e. The second-order valence-electron chi connectivity index (χ2n) is 5.09. The van der Waals surface area contributed by atoms with Crippen molar-refractivity contribution >= 4 is 5.82 Å². The predicted octanol–water partition coefficient (Wildman–Crippen LogP) is 2.01. The molecule has 0 aliphatic carbocycles. The molecule has 1 aliphatic rings. The van der Waals surface area contributed by atoms with Crippen LogP contribution in [0, 0.1) is 0 Å². The molecule has 1 aliphatic heterocycles. The molecule has 5 nitrogen and oxygen atoms in total. The number of nitrogens with zero attached hydrogens (tertiary/aromatic N) is 2. The predicted molar refractivity (Wildman–Crippen MR) is 80.0 cm³/mol. The molecule has 20 heavy (non-hydrogen) atoms. The van der Waals surface area contributed by atoms with Crippen LogP contribution in [0.25, 0.3) is 11.3 Å². The van der Waals surface area contributed by atoms with Crippen LogP contribution in [-0.4, -0.2) is 35.9 Å². The van der Waals surface area contributed by atoms with Crippen molar-refractivity contribution in [3.63, 3.8) is 0 Å². The third-order valence-electron chi connectivity index (χ3n) is 3.59.